The zero-order chi connectivity index (χ0) is 26.5. The van der Waals surface area contributed by atoms with E-state index in [4.69, 9.17) is 19.6 Å². The number of aliphatic carboxylic acids is 1. The molecule has 1 fully saturated rings. The molecular weight excluding hydrogens is 477 g/mol. The Morgan fingerprint density at radius 1 is 1.22 bits per heavy atom. The van der Waals surface area contributed by atoms with Crippen molar-refractivity contribution in [2.24, 2.45) is 0 Å². The molecule has 2 aliphatic heterocycles. The molecule has 196 valence electrons. The van der Waals surface area contributed by atoms with Gasteiger partial charge >= 0.3 is 12.1 Å². The fraction of sp³-hybridized carbons (Fsp3) is 0.520. The van der Waals surface area contributed by atoms with Crippen LogP contribution in [-0.2, 0) is 32.8 Å². The van der Waals surface area contributed by atoms with Crippen LogP contribution in [0.25, 0.3) is 0 Å². The van der Waals surface area contributed by atoms with Crippen LogP contribution in [0.2, 0.25) is 0 Å². The van der Waals surface area contributed by atoms with E-state index in [-0.39, 0.29) is 11.3 Å². The van der Waals surface area contributed by atoms with Gasteiger partial charge in [0, 0.05) is 45.4 Å². The van der Waals surface area contributed by atoms with Gasteiger partial charge in [0.2, 0.25) is 11.9 Å². The number of benzene rings is 1. The molecule has 0 radical (unpaired) electrons. The first-order valence-corrected chi connectivity index (χ1v) is 11.7. The lowest BCUT2D eigenvalue weighted by Gasteiger charge is -2.34. The largest absolute Gasteiger partial charge is 0.490 e. The van der Waals surface area contributed by atoms with Crippen LogP contribution >= 0.6 is 0 Å². The van der Waals surface area contributed by atoms with Crippen molar-refractivity contribution in [2.45, 2.75) is 50.8 Å². The average Bonchev–Trinajstić information content (AvgIpc) is 3.25. The minimum absolute atomic E-state index is 0.200. The second-order valence-corrected chi connectivity index (χ2v) is 9.42. The monoisotopic (exact) mass is 508 g/mol. The summed E-state index contributed by atoms with van der Waals surface area (Å²) in [6.45, 7) is 4.73. The summed E-state index contributed by atoms with van der Waals surface area (Å²) in [5, 5.41) is 7.12. The maximum Gasteiger partial charge on any atom is 0.490 e. The molecule has 36 heavy (non-hydrogen) atoms. The predicted octanol–water partition coefficient (Wildman–Crippen LogP) is 3.51. The minimum Gasteiger partial charge on any atom is -0.475 e. The van der Waals surface area contributed by atoms with Gasteiger partial charge in [0.05, 0.1) is 24.3 Å². The van der Waals surface area contributed by atoms with Gasteiger partial charge in [0.25, 0.3) is 0 Å². The van der Waals surface area contributed by atoms with E-state index in [1.54, 1.807) is 0 Å². The number of nitrogens with zero attached hydrogens (tertiary/aromatic N) is 4. The van der Waals surface area contributed by atoms with Crippen LogP contribution in [-0.4, -0.2) is 71.8 Å². The number of carbonyl (C=O) groups excluding carboxylic acids is 1. The molecule has 1 aromatic carbocycles. The predicted molar refractivity (Wildman–Crippen MR) is 127 cm³/mol. The fourth-order valence-electron chi connectivity index (χ4n) is 4.36. The molecule has 1 unspecified atom stereocenters. The zero-order valence-corrected chi connectivity index (χ0v) is 20.6. The van der Waals surface area contributed by atoms with Crippen LogP contribution in [0.1, 0.15) is 41.6 Å². The van der Waals surface area contributed by atoms with E-state index in [0.717, 1.165) is 37.1 Å². The number of hydrogen-bond donors (Lipinski definition) is 1. The van der Waals surface area contributed by atoms with Crippen LogP contribution in [0, 0.1) is 6.92 Å². The Morgan fingerprint density at radius 2 is 1.89 bits per heavy atom. The quantitative estimate of drug-likeness (QED) is 0.660. The smallest absolute Gasteiger partial charge is 0.475 e. The van der Waals surface area contributed by atoms with Crippen molar-refractivity contribution in [3.05, 3.63) is 52.8 Å². The van der Waals surface area contributed by atoms with Crippen molar-refractivity contribution in [2.75, 3.05) is 38.7 Å². The van der Waals surface area contributed by atoms with Gasteiger partial charge in [-0.1, -0.05) is 29.8 Å². The lowest BCUT2D eigenvalue weighted by molar-refractivity contribution is -0.192. The summed E-state index contributed by atoms with van der Waals surface area (Å²) < 4.78 is 37.6. The molecule has 8 nitrogen and oxygen atoms in total. The van der Waals surface area contributed by atoms with Crippen molar-refractivity contribution < 1.29 is 32.6 Å². The number of amides is 1. The van der Waals surface area contributed by atoms with Crippen LogP contribution < -0.4 is 4.90 Å². The molecule has 2 aromatic rings. The number of hydrogen-bond acceptors (Lipinski definition) is 6. The van der Waals surface area contributed by atoms with Crippen LogP contribution in [0.3, 0.4) is 0 Å². The van der Waals surface area contributed by atoms with Gasteiger partial charge in [-0.2, -0.15) is 13.2 Å². The molecule has 3 heterocycles. The molecule has 0 bridgehead atoms. The van der Waals surface area contributed by atoms with Crippen molar-refractivity contribution in [1.29, 1.82) is 0 Å². The summed E-state index contributed by atoms with van der Waals surface area (Å²) >= 11 is 0. The Hall–Kier alpha value is -3.21. The van der Waals surface area contributed by atoms with Gasteiger partial charge in [-0.15, -0.1) is 0 Å². The van der Waals surface area contributed by atoms with E-state index in [9.17, 15) is 18.0 Å². The lowest BCUT2D eigenvalue weighted by Crippen LogP contribution is -2.42. The number of alkyl halides is 3. The number of carboxylic acids is 1. The highest BCUT2D eigenvalue weighted by atomic mass is 19.4. The Kier molecular flexibility index (Phi) is 8.55. The highest BCUT2D eigenvalue weighted by Crippen LogP contribution is 2.39. The summed E-state index contributed by atoms with van der Waals surface area (Å²) in [6, 6.07) is 8.57. The number of aryl methyl sites for hydroxylation is 2. The first-order valence-electron chi connectivity index (χ1n) is 11.7. The van der Waals surface area contributed by atoms with Crippen molar-refractivity contribution in [3.8, 4) is 0 Å². The lowest BCUT2D eigenvalue weighted by atomic mass is 9.80. The number of carbonyl (C=O) groups is 2. The summed E-state index contributed by atoms with van der Waals surface area (Å²) in [5.74, 6) is -1.80. The topological polar surface area (TPSA) is 95.9 Å². The highest BCUT2D eigenvalue weighted by molar-refractivity contribution is 5.76. The number of halogens is 3. The van der Waals surface area contributed by atoms with E-state index in [2.05, 4.69) is 36.2 Å². The first-order chi connectivity index (χ1) is 16.9. The second-order valence-electron chi connectivity index (χ2n) is 9.42. The SMILES string of the molecule is Cc1ccc(CCCC(=O)N2CCC3(COCc4cnc(N(C)C)nc43)C2)cc1.O=C(O)C(F)(F)F. The first kappa shape index (κ1) is 27.4. The molecule has 2 aliphatic rings. The Morgan fingerprint density at radius 3 is 2.50 bits per heavy atom. The van der Waals surface area contributed by atoms with Crippen molar-refractivity contribution >= 4 is 17.8 Å². The number of fused-ring (bicyclic) bond motifs is 2. The number of aromatic nitrogens is 2. The Bertz CT molecular complexity index is 1080. The van der Waals surface area contributed by atoms with E-state index in [0.29, 0.717) is 32.1 Å². The number of rotatable bonds is 5. The van der Waals surface area contributed by atoms with E-state index in [1.807, 2.05) is 30.1 Å². The Balaban J connectivity index is 0.000000454. The van der Waals surface area contributed by atoms with Crippen LogP contribution in [0.5, 0.6) is 0 Å². The molecular formula is C25H31F3N4O4. The third-order valence-corrected chi connectivity index (χ3v) is 6.32. The summed E-state index contributed by atoms with van der Waals surface area (Å²) in [6.07, 6.45) is 0.102. The van der Waals surface area contributed by atoms with E-state index in [1.165, 1.54) is 11.1 Å². The zero-order valence-electron chi connectivity index (χ0n) is 20.6. The molecule has 11 heteroatoms. The second kappa shape index (κ2) is 11.2. The van der Waals surface area contributed by atoms with Gasteiger partial charge in [0.15, 0.2) is 0 Å². The highest BCUT2D eigenvalue weighted by Gasteiger charge is 2.46. The minimum atomic E-state index is -5.08. The summed E-state index contributed by atoms with van der Waals surface area (Å²) in [7, 11) is 3.90. The fourth-order valence-corrected chi connectivity index (χ4v) is 4.36. The number of likely N-dealkylation sites (tertiary alicyclic amines) is 1. The van der Waals surface area contributed by atoms with Gasteiger partial charge in [0.1, 0.15) is 0 Å². The standard InChI is InChI=1S/C23H30N4O2.C2HF3O2/c1-17-7-9-18(10-8-17)5-4-6-20(28)27-12-11-23(15-27)16-29-14-19-13-24-22(26(2)3)25-21(19)23;3-2(4,5)1(6)7/h7-10,13H,4-6,11-12,14-16H2,1-3H3;(H,6,7). The molecule has 1 spiro atoms. The van der Waals surface area contributed by atoms with Gasteiger partial charge in [-0.05, 0) is 31.7 Å². The number of anilines is 1. The van der Waals surface area contributed by atoms with Crippen molar-refractivity contribution in [3.63, 3.8) is 0 Å². The van der Waals surface area contributed by atoms with Gasteiger partial charge in [-0.25, -0.2) is 14.8 Å². The van der Waals surface area contributed by atoms with Crippen LogP contribution in [0.4, 0.5) is 19.1 Å². The third-order valence-electron chi connectivity index (χ3n) is 6.32. The molecule has 1 atom stereocenters. The maximum absolute atomic E-state index is 12.8. The number of carboxylic acid groups (broad SMARTS) is 1. The van der Waals surface area contributed by atoms with Crippen LogP contribution in [0.15, 0.2) is 30.5 Å². The third kappa shape index (κ3) is 6.71. The molecule has 1 saturated heterocycles. The molecule has 4 rings (SSSR count). The molecule has 1 N–H and O–H groups in total. The molecule has 0 aliphatic carbocycles. The van der Waals surface area contributed by atoms with Gasteiger partial charge < -0.3 is 19.6 Å². The number of ether oxygens (including phenoxy) is 1. The van der Waals surface area contributed by atoms with Gasteiger partial charge in [-0.3, -0.25) is 4.79 Å². The molecule has 1 aromatic heterocycles. The molecule has 1 amide bonds. The maximum atomic E-state index is 12.8. The van der Waals surface area contributed by atoms with E-state index < -0.39 is 12.1 Å². The Labute approximate surface area is 208 Å². The summed E-state index contributed by atoms with van der Waals surface area (Å²) in [5.41, 5.74) is 4.48. The van der Waals surface area contributed by atoms with E-state index >= 15 is 0 Å². The molecule has 0 saturated carbocycles. The summed E-state index contributed by atoms with van der Waals surface area (Å²) in [4.78, 5) is 34.9. The van der Waals surface area contributed by atoms with Crippen molar-refractivity contribution in [1.82, 2.24) is 14.9 Å². The average molecular weight is 509 g/mol. The normalized spacial score (nSPS) is 18.9.